The number of rotatable bonds is 4. The third kappa shape index (κ3) is 3.97. The first-order chi connectivity index (χ1) is 10.5. The lowest BCUT2D eigenvalue weighted by atomic mass is 10.2. The van der Waals surface area contributed by atoms with Crippen LogP contribution in [0, 0.1) is 6.92 Å². The zero-order valence-electron chi connectivity index (χ0n) is 13.2. The highest BCUT2D eigenvalue weighted by atomic mass is 16.6. The van der Waals surface area contributed by atoms with Gasteiger partial charge in [0.15, 0.2) is 5.82 Å². The molecule has 2 amide bonds. The van der Waals surface area contributed by atoms with Crippen molar-refractivity contribution < 1.29 is 18.8 Å². The summed E-state index contributed by atoms with van der Waals surface area (Å²) in [6.07, 6.45) is -0.294. The minimum atomic E-state index is -0.304. The number of aromatic nitrogens is 1. The Morgan fingerprint density at radius 3 is 2.64 bits per heavy atom. The van der Waals surface area contributed by atoms with E-state index in [1.807, 2.05) is 11.8 Å². The van der Waals surface area contributed by atoms with Crippen LogP contribution in [0.2, 0.25) is 0 Å². The number of nitrogens with zero attached hydrogens (tertiary/aromatic N) is 3. The maximum atomic E-state index is 12.2. The van der Waals surface area contributed by atoms with Gasteiger partial charge in [-0.2, -0.15) is 0 Å². The van der Waals surface area contributed by atoms with Crippen molar-refractivity contribution >= 4 is 17.8 Å². The normalized spacial score (nSPS) is 17.1. The third-order valence-electron chi connectivity index (χ3n) is 3.65. The van der Waals surface area contributed by atoms with Crippen molar-refractivity contribution in [2.24, 2.45) is 0 Å². The fourth-order valence-electron chi connectivity index (χ4n) is 2.33. The van der Waals surface area contributed by atoms with Crippen LogP contribution in [0.3, 0.4) is 0 Å². The monoisotopic (exact) mass is 310 g/mol. The highest BCUT2D eigenvalue weighted by Gasteiger charge is 2.28. The minimum Gasteiger partial charge on any atom is -0.450 e. The van der Waals surface area contributed by atoms with Crippen molar-refractivity contribution in [2.75, 3.05) is 38.1 Å². The number of carbonyl (C=O) groups is 2. The highest BCUT2D eigenvalue weighted by molar-refractivity contribution is 5.93. The Hall–Kier alpha value is -2.09. The Morgan fingerprint density at radius 2 is 2.09 bits per heavy atom. The van der Waals surface area contributed by atoms with Gasteiger partial charge in [0.25, 0.3) is 0 Å². The van der Waals surface area contributed by atoms with E-state index in [4.69, 9.17) is 9.26 Å². The van der Waals surface area contributed by atoms with Gasteiger partial charge in [-0.1, -0.05) is 5.16 Å². The molecular formula is C14H22N4O4. The summed E-state index contributed by atoms with van der Waals surface area (Å²) in [4.78, 5) is 27.5. The van der Waals surface area contributed by atoms with E-state index >= 15 is 0 Å². The molecule has 1 atom stereocenters. The fourth-order valence-corrected chi connectivity index (χ4v) is 2.33. The number of aryl methyl sites for hydroxylation is 1. The predicted octanol–water partition coefficient (Wildman–Crippen LogP) is 1.08. The second kappa shape index (κ2) is 7.26. The molecule has 122 valence electrons. The molecule has 22 heavy (non-hydrogen) atoms. The van der Waals surface area contributed by atoms with Crippen LogP contribution in [-0.4, -0.2) is 65.8 Å². The van der Waals surface area contributed by atoms with Gasteiger partial charge in [-0.3, -0.25) is 9.69 Å². The summed E-state index contributed by atoms with van der Waals surface area (Å²) in [5.41, 5.74) is 0. The van der Waals surface area contributed by atoms with Crippen LogP contribution in [0.15, 0.2) is 10.6 Å². The van der Waals surface area contributed by atoms with Gasteiger partial charge in [-0.15, -0.1) is 0 Å². The molecule has 1 saturated heterocycles. The van der Waals surface area contributed by atoms with Crippen LogP contribution >= 0.6 is 0 Å². The van der Waals surface area contributed by atoms with E-state index in [1.165, 1.54) is 0 Å². The van der Waals surface area contributed by atoms with Gasteiger partial charge in [0.2, 0.25) is 5.91 Å². The largest absolute Gasteiger partial charge is 0.450 e. The van der Waals surface area contributed by atoms with Crippen LogP contribution in [0.4, 0.5) is 10.6 Å². The predicted molar refractivity (Wildman–Crippen MR) is 79.5 cm³/mol. The molecule has 0 spiro atoms. The molecule has 1 fully saturated rings. The first-order valence-corrected chi connectivity index (χ1v) is 7.41. The average molecular weight is 310 g/mol. The fraction of sp³-hybridized carbons (Fsp3) is 0.643. The molecule has 1 aliphatic rings. The maximum Gasteiger partial charge on any atom is 0.409 e. The maximum absolute atomic E-state index is 12.2. The van der Waals surface area contributed by atoms with E-state index in [-0.39, 0.29) is 18.0 Å². The number of piperazine rings is 1. The molecule has 0 radical (unpaired) electrons. The van der Waals surface area contributed by atoms with Gasteiger partial charge in [0, 0.05) is 32.2 Å². The summed E-state index contributed by atoms with van der Waals surface area (Å²) in [6, 6.07) is 1.37. The van der Waals surface area contributed by atoms with Crippen LogP contribution in [0.5, 0.6) is 0 Å². The molecular weight excluding hydrogens is 288 g/mol. The van der Waals surface area contributed by atoms with Crippen molar-refractivity contribution in [3.8, 4) is 0 Å². The van der Waals surface area contributed by atoms with E-state index in [9.17, 15) is 9.59 Å². The Labute approximate surface area is 129 Å². The minimum absolute atomic E-state index is 0.141. The molecule has 1 N–H and O–H groups in total. The first kappa shape index (κ1) is 16.3. The Morgan fingerprint density at radius 1 is 1.41 bits per heavy atom. The van der Waals surface area contributed by atoms with Gasteiger partial charge in [0.05, 0.1) is 12.6 Å². The summed E-state index contributed by atoms with van der Waals surface area (Å²) in [5, 5.41) is 6.47. The SMILES string of the molecule is CCOC(=O)N1CCN([C@H](C)C(=O)Nc2cc(C)on2)CC1. The molecule has 0 bridgehead atoms. The molecule has 1 aliphatic heterocycles. The number of nitrogens with one attached hydrogen (secondary N) is 1. The van der Waals surface area contributed by atoms with E-state index in [0.29, 0.717) is 44.4 Å². The van der Waals surface area contributed by atoms with Gasteiger partial charge in [0.1, 0.15) is 5.76 Å². The molecule has 1 aromatic rings. The third-order valence-corrected chi connectivity index (χ3v) is 3.65. The number of anilines is 1. The summed E-state index contributed by atoms with van der Waals surface area (Å²) in [5.74, 6) is 0.920. The molecule has 0 saturated carbocycles. The summed E-state index contributed by atoms with van der Waals surface area (Å²) in [7, 11) is 0. The zero-order valence-corrected chi connectivity index (χ0v) is 13.2. The quantitative estimate of drug-likeness (QED) is 0.895. The summed E-state index contributed by atoms with van der Waals surface area (Å²) < 4.78 is 9.89. The van der Waals surface area contributed by atoms with E-state index in [0.717, 1.165) is 0 Å². The first-order valence-electron chi connectivity index (χ1n) is 7.41. The molecule has 2 heterocycles. The number of ether oxygens (including phenoxy) is 1. The smallest absolute Gasteiger partial charge is 0.409 e. The molecule has 0 aromatic carbocycles. The van der Waals surface area contributed by atoms with E-state index < -0.39 is 0 Å². The van der Waals surface area contributed by atoms with Crippen molar-refractivity contribution in [1.29, 1.82) is 0 Å². The van der Waals surface area contributed by atoms with Crippen LogP contribution in [-0.2, 0) is 9.53 Å². The van der Waals surface area contributed by atoms with Gasteiger partial charge in [-0.25, -0.2) is 4.79 Å². The lowest BCUT2D eigenvalue weighted by Crippen LogP contribution is -2.54. The number of carbonyl (C=O) groups excluding carboxylic acids is 2. The zero-order chi connectivity index (χ0) is 16.1. The van der Waals surface area contributed by atoms with Crippen LogP contribution in [0.1, 0.15) is 19.6 Å². The van der Waals surface area contributed by atoms with E-state index in [1.54, 1.807) is 24.8 Å². The number of amides is 2. The summed E-state index contributed by atoms with van der Waals surface area (Å²) in [6.45, 7) is 8.12. The molecule has 0 aliphatic carbocycles. The standard InChI is InChI=1S/C14H22N4O4/c1-4-21-14(20)18-7-5-17(6-8-18)11(3)13(19)15-12-9-10(2)22-16-12/h9,11H,4-8H2,1-3H3,(H,15,16,19)/t11-/m1/s1. The van der Waals surface area contributed by atoms with Gasteiger partial charge < -0.3 is 19.5 Å². The van der Waals surface area contributed by atoms with Gasteiger partial charge in [-0.05, 0) is 20.8 Å². The second-order valence-corrected chi connectivity index (χ2v) is 5.21. The van der Waals surface area contributed by atoms with Crippen molar-refractivity contribution in [3.63, 3.8) is 0 Å². The molecule has 1 aromatic heterocycles. The lowest BCUT2D eigenvalue weighted by molar-refractivity contribution is -0.121. The van der Waals surface area contributed by atoms with Crippen molar-refractivity contribution in [2.45, 2.75) is 26.8 Å². The Balaban J connectivity index is 1.82. The number of hydrogen-bond donors (Lipinski definition) is 1. The second-order valence-electron chi connectivity index (χ2n) is 5.21. The molecule has 0 unspecified atom stereocenters. The topological polar surface area (TPSA) is 87.9 Å². The molecule has 8 nitrogen and oxygen atoms in total. The summed E-state index contributed by atoms with van der Waals surface area (Å²) >= 11 is 0. The number of hydrogen-bond acceptors (Lipinski definition) is 6. The molecule has 8 heteroatoms. The van der Waals surface area contributed by atoms with E-state index in [2.05, 4.69) is 10.5 Å². The van der Waals surface area contributed by atoms with Crippen LogP contribution < -0.4 is 5.32 Å². The van der Waals surface area contributed by atoms with Crippen molar-refractivity contribution in [3.05, 3.63) is 11.8 Å². The molecule has 2 rings (SSSR count). The van der Waals surface area contributed by atoms with Crippen LogP contribution in [0.25, 0.3) is 0 Å². The van der Waals surface area contributed by atoms with Crippen molar-refractivity contribution in [1.82, 2.24) is 15.0 Å². The average Bonchev–Trinajstić information content (AvgIpc) is 2.92. The van der Waals surface area contributed by atoms with Gasteiger partial charge >= 0.3 is 6.09 Å². The Bertz CT molecular complexity index is 523. The Kier molecular flexibility index (Phi) is 5.37. The lowest BCUT2D eigenvalue weighted by Gasteiger charge is -2.36. The highest BCUT2D eigenvalue weighted by Crippen LogP contribution is 2.11.